The van der Waals surface area contributed by atoms with Crippen LogP contribution in [0.3, 0.4) is 0 Å². The first-order chi connectivity index (χ1) is 9.19. The summed E-state index contributed by atoms with van der Waals surface area (Å²) >= 11 is 6.20. The number of fused-ring (bicyclic) bond motifs is 1. The summed E-state index contributed by atoms with van der Waals surface area (Å²) in [4.78, 5) is 5.15. The first kappa shape index (κ1) is 13.6. The zero-order valence-corrected chi connectivity index (χ0v) is 11.1. The highest BCUT2D eigenvalue weighted by Crippen LogP contribution is 2.39. The average molecular weight is 281 g/mol. The van der Waals surface area contributed by atoms with Crippen molar-refractivity contribution in [1.29, 1.82) is 5.26 Å². The molecule has 1 aromatic rings. The molecule has 19 heavy (non-hydrogen) atoms. The second-order valence-electron chi connectivity index (χ2n) is 4.27. The van der Waals surface area contributed by atoms with E-state index in [-0.39, 0.29) is 18.5 Å². The molecule has 1 aromatic carbocycles. The molecule has 1 unspecified atom stereocenters. The molecule has 1 aliphatic rings. The van der Waals surface area contributed by atoms with Crippen LogP contribution < -0.4 is 5.73 Å². The van der Waals surface area contributed by atoms with Crippen molar-refractivity contribution in [3.63, 3.8) is 0 Å². The van der Waals surface area contributed by atoms with E-state index in [9.17, 15) is 9.65 Å². The van der Waals surface area contributed by atoms with Gasteiger partial charge in [-0.25, -0.2) is 14.3 Å². The van der Waals surface area contributed by atoms with Crippen LogP contribution >= 0.6 is 11.6 Å². The molecule has 6 heteroatoms. The van der Waals surface area contributed by atoms with Crippen molar-refractivity contribution < 1.29 is 4.39 Å². The van der Waals surface area contributed by atoms with Gasteiger partial charge in [0.2, 0.25) is 5.96 Å². The van der Waals surface area contributed by atoms with Gasteiger partial charge in [0.15, 0.2) is 6.19 Å². The fraction of sp³-hybridized carbons (Fsp3) is 0.385. The van der Waals surface area contributed by atoms with E-state index in [1.54, 1.807) is 6.07 Å². The molecule has 0 aromatic heterocycles. The maximum atomic E-state index is 12.1. The smallest absolute Gasteiger partial charge is 0.205 e. The molecule has 0 bridgehead atoms. The van der Waals surface area contributed by atoms with E-state index in [4.69, 9.17) is 17.3 Å². The van der Waals surface area contributed by atoms with Gasteiger partial charge in [-0.15, -0.1) is 0 Å². The van der Waals surface area contributed by atoms with Gasteiger partial charge in [0.1, 0.15) is 6.67 Å². The molecule has 4 nitrogen and oxygen atoms in total. The van der Waals surface area contributed by atoms with Crippen LogP contribution in [0.4, 0.5) is 4.39 Å². The van der Waals surface area contributed by atoms with Gasteiger partial charge in [-0.1, -0.05) is 23.7 Å². The standard InChI is InChI=1S/C13H14ClFN4/c14-10-3-1-2-9-4-5-11(12(9)10)19(8-16)13(17)18-7-6-15/h1-3,11H,4-7H2,(H2,17,18). The summed E-state index contributed by atoms with van der Waals surface area (Å²) in [5, 5.41) is 9.87. The molecule has 0 fully saturated rings. The predicted molar refractivity (Wildman–Crippen MR) is 72.4 cm³/mol. The zero-order valence-electron chi connectivity index (χ0n) is 10.3. The van der Waals surface area contributed by atoms with Gasteiger partial charge in [-0.05, 0) is 30.0 Å². The van der Waals surface area contributed by atoms with E-state index in [0.29, 0.717) is 5.02 Å². The minimum Gasteiger partial charge on any atom is -0.369 e. The Bertz CT molecular complexity index is 538. The molecule has 2 rings (SSSR count). The van der Waals surface area contributed by atoms with E-state index in [1.807, 2.05) is 18.3 Å². The van der Waals surface area contributed by atoms with Gasteiger partial charge in [0.05, 0.1) is 12.6 Å². The van der Waals surface area contributed by atoms with Crippen molar-refractivity contribution in [1.82, 2.24) is 4.90 Å². The monoisotopic (exact) mass is 280 g/mol. The van der Waals surface area contributed by atoms with Crippen LogP contribution in [-0.4, -0.2) is 24.1 Å². The van der Waals surface area contributed by atoms with Gasteiger partial charge >= 0.3 is 0 Å². The second kappa shape index (κ2) is 5.89. The summed E-state index contributed by atoms with van der Waals surface area (Å²) in [6.07, 6.45) is 3.61. The third-order valence-electron chi connectivity index (χ3n) is 3.19. The molecule has 0 amide bonds. The predicted octanol–water partition coefficient (Wildman–Crippen LogP) is 2.39. The molecule has 0 aliphatic heterocycles. The number of guanidine groups is 1. The lowest BCUT2D eigenvalue weighted by atomic mass is 10.1. The number of aryl methyl sites for hydroxylation is 1. The lowest BCUT2D eigenvalue weighted by molar-refractivity contribution is 0.416. The Kier molecular flexibility index (Phi) is 4.23. The lowest BCUT2D eigenvalue weighted by Crippen LogP contribution is -2.36. The third-order valence-corrected chi connectivity index (χ3v) is 3.52. The summed E-state index contributed by atoms with van der Waals surface area (Å²) in [6, 6.07) is 5.47. The average Bonchev–Trinajstić information content (AvgIpc) is 2.83. The Morgan fingerprint density at radius 1 is 1.63 bits per heavy atom. The maximum Gasteiger partial charge on any atom is 0.205 e. The fourth-order valence-electron chi connectivity index (χ4n) is 2.38. The largest absolute Gasteiger partial charge is 0.369 e. The molecule has 0 heterocycles. The van der Waals surface area contributed by atoms with Crippen molar-refractivity contribution in [2.75, 3.05) is 13.2 Å². The van der Waals surface area contributed by atoms with Gasteiger partial charge in [-0.2, -0.15) is 5.26 Å². The highest BCUT2D eigenvalue weighted by molar-refractivity contribution is 6.31. The highest BCUT2D eigenvalue weighted by atomic mass is 35.5. The number of aliphatic imine (C=N–C) groups is 1. The van der Waals surface area contributed by atoms with E-state index in [0.717, 1.165) is 24.0 Å². The van der Waals surface area contributed by atoms with Crippen LogP contribution in [0.1, 0.15) is 23.6 Å². The fourth-order valence-corrected chi connectivity index (χ4v) is 2.70. The van der Waals surface area contributed by atoms with E-state index in [1.165, 1.54) is 4.90 Å². The van der Waals surface area contributed by atoms with Crippen molar-refractivity contribution in [3.8, 4) is 6.19 Å². The highest BCUT2D eigenvalue weighted by Gasteiger charge is 2.31. The van der Waals surface area contributed by atoms with Crippen LogP contribution in [0.15, 0.2) is 23.2 Å². The van der Waals surface area contributed by atoms with Gasteiger partial charge in [0.25, 0.3) is 0 Å². The Hall–Kier alpha value is -1.80. The Balaban J connectivity index is 2.32. The molecule has 1 atom stereocenters. The molecule has 0 spiro atoms. The Morgan fingerprint density at radius 3 is 3.11 bits per heavy atom. The zero-order chi connectivity index (χ0) is 13.8. The van der Waals surface area contributed by atoms with Crippen molar-refractivity contribution >= 4 is 17.6 Å². The number of halogens is 2. The minimum absolute atomic E-state index is 0.0356. The number of hydrogen-bond acceptors (Lipinski definition) is 2. The summed E-state index contributed by atoms with van der Waals surface area (Å²) in [5.41, 5.74) is 7.79. The number of nitriles is 1. The molecule has 0 saturated carbocycles. The lowest BCUT2D eigenvalue weighted by Gasteiger charge is -2.23. The normalized spacial score (nSPS) is 17.9. The number of benzene rings is 1. The number of rotatable bonds is 3. The molecule has 0 saturated heterocycles. The number of nitrogens with zero attached hydrogens (tertiary/aromatic N) is 3. The van der Waals surface area contributed by atoms with Crippen molar-refractivity contribution in [3.05, 3.63) is 34.3 Å². The summed E-state index contributed by atoms with van der Waals surface area (Å²) in [6.45, 7) is -0.631. The Morgan fingerprint density at radius 2 is 2.42 bits per heavy atom. The van der Waals surface area contributed by atoms with E-state index < -0.39 is 6.67 Å². The van der Waals surface area contributed by atoms with Crippen LogP contribution in [0.2, 0.25) is 5.02 Å². The molecular weight excluding hydrogens is 267 g/mol. The van der Waals surface area contributed by atoms with Crippen LogP contribution in [0.25, 0.3) is 0 Å². The van der Waals surface area contributed by atoms with Crippen LogP contribution in [-0.2, 0) is 6.42 Å². The molecule has 1 aliphatic carbocycles. The Labute approximate surface area is 116 Å². The molecule has 2 N–H and O–H groups in total. The number of alkyl halides is 1. The minimum atomic E-state index is -0.595. The van der Waals surface area contributed by atoms with Crippen LogP contribution in [0.5, 0.6) is 0 Å². The summed E-state index contributed by atoms with van der Waals surface area (Å²) < 4.78 is 12.1. The third kappa shape index (κ3) is 2.64. The van der Waals surface area contributed by atoms with Gasteiger partial charge < -0.3 is 5.73 Å². The molecular formula is C13H14ClFN4. The maximum absolute atomic E-state index is 12.1. The van der Waals surface area contributed by atoms with Gasteiger partial charge in [-0.3, -0.25) is 0 Å². The second-order valence-corrected chi connectivity index (χ2v) is 4.67. The first-order valence-electron chi connectivity index (χ1n) is 6.01. The topological polar surface area (TPSA) is 65.4 Å². The summed E-state index contributed by atoms with van der Waals surface area (Å²) in [5.74, 6) is 0.0397. The number of hydrogen-bond donors (Lipinski definition) is 1. The van der Waals surface area contributed by atoms with Crippen LogP contribution in [0, 0.1) is 11.5 Å². The van der Waals surface area contributed by atoms with Crippen molar-refractivity contribution in [2.45, 2.75) is 18.9 Å². The van der Waals surface area contributed by atoms with Gasteiger partial charge in [0, 0.05) is 5.02 Å². The van der Waals surface area contributed by atoms with Crippen molar-refractivity contribution in [2.24, 2.45) is 10.7 Å². The molecule has 100 valence electrons. The number of nitrogens with two attached hydrogens (primary N) is 1. The first-order valence-corrected chi connectivity index (χ1v) is 6.39. The SMILES string of the molecule is N#CN(C(N)=NCCF)C1CCc2cccc(Cl)c21. The quantitative estimate of drug-likeness (QED) is 0.400. The van der Waals surface area contributed by atoms with E-state index >= 15 is 0 Å². The molecule has 0 radical (unpaired) electrons. The summed E-state index contributed by atoms with van der Waals surface area (Å²) in [7, 11) is 0. The van der Waals surface area contributed by atoms with E-state index in [2.05, 4.69) is 4.99 Å².